The van der Waals surface area contributed by atoms with E-state index >= 15 is 0 Å². The lowest BCUT2D eigenvalue weighted by Gasteiger charge is -2.36. The highest BCUT2D eigenvalue weighted by atomic mass is 32.1. The number of rotatable bonds is 8. The maximum absolute atomic E-state index is 5.73. The van der Waals surface area contributed by atoms with E-state index in [0.717, 1.165) is 43.2 Å². The highest BCUT2D eigenvalue weighted by molar-refractivity contribution is 7.18. The average molecular weight is 466 g/mol. The zero-order valence-electron chi connectivity index (χ0n) is 18.8. The lowest BCUT2D eigenvalue weighted by molar-refractivity contribution is 0.0904. The van der Waals surface area contributed by atoms with Gasteiger partial charge in [0.05, 0.1) is 29.9 Å². The van der Waals surface area contributed by atoms with Crippen LogP contribution in [0.2, 0.25) is 0 Å². The predicted molar refractivity (Wildman–Crippen MR) is 127 cm³/mol. The molecule has 33 heavy (non-hydrogen) atoms. The van der Waals surface area contributed by atoms with Crippen LogP contribution >= 0.6 is 11.3 Å². The summed E-state index contributed by atoms with van der Waals surface area (Å²) in [6.07, 6.45) is 0. The molecular formula is C24H27N5O3S. The van der Waals surface area contributed by atoms with Gasteiger partial charge in [-0.1, -0.05) is 17.3 Å². The summed E-state index contributed by atoms with van der Waals surface area (Å²) in [4.78, 5) is 14.2. The van der Waals surface area contributed by atoms with E-state index in [1.807, 2.05) is 30.3 Å². The largest absolute Gasteiger partial charge is 0.497 e. The average Bonchev–Trinajstić information content (AvgIpc) is 3.50. The number of hydrogen-bond acceptors (Lipinski definition) is 9. The van der Waals surface area contributed by atoms with Crippen LogP contribution in [0.3, 0.4) is 0 Å². The molecule has 0 bridgehead atoms. The van der Waals surface area contributed by atoms with Crippen LogP contribution in [0.4, 0.5) is 0 Å². The zero-order valence-corrected chi connectivity index (χ0v) is 19.6. The number of para-hydroxylation sites is 1. The number of fused-ring (bicyclic) bond motifs is 1. The minimum absolute atomic E-state index is 0.267. The first-order valence-corrected chi connectivity index (χ1v) is 11.9. The van der Waals surface area contributed by atoms with Gasteiger partial charge in [0.2, 0.25) is 11.7 Å². The molecular weight excluding hydrogens is 438 g/mol. The third-order valence-electron chi connectivity index (χ3n) is 5.92. The lowest BCUT2D eigenvalue weighted by Crippen LogP contribution is -2.46. The fourth-order valence-corrected chi connectivity index (χ4v) is 5.01. The van der Waals surface area contributed by atoms with Gasteiger partial charge in [-0.2, -0.15) is 4.98 Å². The molecule has 1 aliphatic heterocycles. The Balaban J connectivity index is 1.10. The maximum atomic E-state index is 5.73. The van der Waals surface area contributed by atoms with Crippen molar-refractivity contribution in [3.8, 4) is 11.5 Å². The Morgan fingerprint density at radius 3 is 2.52 bits per heavy atom. The van der Waals surface area contributed by atoms with Crippen molar-refractivity contribution in [2.45, 2.75) is 26.1 Å². The highest BCUT2D eigenvalue weighted by Crippen LogP contribution is 2.30. The topological polar surface area (TPSA) is 76.8 Å². The van der Waals surface area contributed by atoms with Crippen molar-refractivity contribution in [3.63, 3.8) is 0 Å². The molecule has 0 amide bonds. The van der Waals surface area contributed by atoms with Crippen LogP contribution in [0.1, 0.15) is 29.7 Å². The Morgan fingerprint density at radius 2 is 1.76 bits per heavy atom. The van der Waals surface area contributed by atoms with Gasteiger partial charge in [0, 0.05) is 26.2 Å². The molecule has 1 fully saturated rings. The molecule has 2 aromatic carbocycles. The Hall–Kier alpha value is -3.01. The van der Waals surface area contributed by atoms with Crippen molar-refractivity contribution < 1.29 is 14.0 Å². The second-order valence-electron chi connectivity index (χ2n) is 8.08. The van der Waals surface area contributed by atoms with E-state index in [4.69, 9.17) is 19.0 Å². The standard InChI is InChI=1S/C24H27N5O3S/c1-17(24-25-20-5-3-4-6-21(20)33-24)29-13-11-28(12-14-29)15-23-26-22(27-32-23)16-31-19-9-7-18(30-2)8-10-19/h3-10,17H,11-16H2,1-2H3/t17-/m0/s1. The van der Waals surface area contributed by atoms with Crippen LogP contribution in [0.15, 0.2) is 53.1 Å². The Morgan fingerprint density at radius 1 is 1.00 bits per heavy atom. The van der Waals surface area contributed by atoms with Crippen LogP contribution in [0, 0.1) is 0 Å². The molecule has 8 nitrogen and oxygen atoms in total. The summed E-state index contributed by atoms with van der Waals surface area (Å²) < 4.78 is 17.6. The fourth-order valence-electron chi connectivity index (χ4n) is 3.96. The van der Waals surface area contributed by atoms with Gasteiger partial charge in [0.25, 0.3) is 0 Å². The number of benzene rings is 2. The van der Waals surface area contributed by atoms with E-state index in [9.17, 15) is 0 Å². The number of ether oxygens (including phenoxy) is 2. The van der Waals surface area contributed by atoms with E-state index in [-0.39, 0.29) is 6.61 Å². The van der Waals surface area contributed by atoms with E-state index in [1.165, 1.54) is 9.71 Å². The van der Waals surface area contributed by atoms with Gasteiger partial charge in [-0.3, -0.25) is 9.80 Å². The van der Waals surface area contributed by atoms with Crippen molar-refractivity contribution in [2.75, 3.05) is 33.3 Å². The molecule has 2 aromatic heterocycles. The molecule has 3 heterocycles. The van der Waals surface area contributed by atoms with Gasteiger partial charge in [-0.15, -0.1) is 11.3 Å². The number of aromatic nitrogens is 3. The van der Waals surface area contributed by atoms with E-state index < -0.39 is 0 Å². The van der Waals surface area contributed by atoms with Gasteiger partial charge >= 0.3 is 0 Å². The summed E-state index contributed by atoms with van der Waals surface area (Å²) in [6, 6.07) is 16.1. The van der Waals surface area contributed by atoms with E-state index in [1.54, 1.807) is 18.4 Å². The molecule has 9 heteroatoms. The SMILES string of the molecule is COc1ccc(OCc2noc(CN3CCN([C@@H](C)c4nc5ccccc5s4)CC3)n2)cc1. The molecule has 0 N–H and O–H groups in total. The summed E-state index contributed by atoms with van der Waals surface area (Å²) in [5, 5.41) is 5.24. The summed E-state index contributed by atoms with van der Waals surface area (Å²) in [5.41, 5.74) is 1.09. The monoisotopic (exact) mass is 465 g/mol. The second-order valence-corrected chi connectivity index (χ2v) is 9.14. The predicted octanol–water partition coefficient (Wildman–Crippen LogP) is 4.15. The van der Waals surface area contributed by atoms with Crippen LogP contribution in [-0.2, 0) is 13.2 Å². The zero-order chi connectivity index (χ0) is 22.6. The number of hydrogen-bond donors (Lipinski definition) is 0. The first-order valence-electron chi connectivity index (χ1n) is 11.1. The summed E-state index contributed by atoms with van der Waals surface area (Å²) in [5.74, 6) is 2.69. The van der Waals surface area contributed by atoms with E-state index in [2.05, 4.69) is 45.1 Å². The molecule has 0 aliphatic carbocycles. The summed E-state index contributed by atoms with van der Waals surface area (Å²) in [6.45, 7) is 7.05. The quantitative estimate of drug-likeness (QED) is 0.384. The van der Waals surface area contributed by atoms with Gasteiger partial charge in [0.15, 0.2) is 6.61 Å². The van der Waals surface area contributed by atoms with Crippen molar-refractivity contribution in [1.82, 2.24) is 24.9 Å². The molecule has 5 rings (SSSR count). The van der Waals surface area contributed by atoms with Crippen molar-refractivity contribution in [2.24, 2.45) is 0 Å². The molecule has 0 saturated carbocycles. The van der Waals surface area contributed by atoms with Crippen LogP contribution in [0.5, 0.6) is 11.5 Å². The number of piperazine rings is 1. The molecule has 1 aliphatic rings. The fraction of sp³-hybridized carbons (Fsp3) is 0.375. The third kappa shape index (κ3) is 5.16. The Bertz CT molecular complexity index is 1150. The molecule has 172 valence electrons. The molecule has 1 atom stereocenters. The smallest absolute Gasteiger partial charge is 0.240 e. The van der Waals surface area contributed by atoms with E-state index in [0.29, 0.717) is 24.3 Å². The Labute approximate surface area is 196 Å². The molecule has 4 aromatic rings. The third-order valence-corrected chi connectivity index (χ3v) is 7.13. The van der Waals surface area contributed by atoms with Crippen molar-refractivity contribution in [1.29, 1.82) is 0 Å². The van der Waals surface area contributed by atoms with Gasteiger partial charge in [-0.05, 0) is 43.3 Å². The van der Waals surface area contributed by atoms with Crippen LogP contribution in [-0.4, -0.2) is 58.2 Å². The minimum atomic E-state index is 0.267. The number of thiazole rings is 1. The number of methoxy groups -OCH3 is 1. The Kier molecular flexibility index (Phi) is 6.52. The van der Waals surface area contributed by atoms with Gasteiger partial charge in [0.1, 0.15) is 16.5 Å². The first kappa shape index (κ1) is 21.8. The van der Waals surface area contributed by atoms with Gasteiger partial charge in [-0.25, -0.2) is 4.98 Å². The van der Waals surface area contributed by atoms with Gasteiger partial charge < -0.3 is 14.0 Å². The second kappa shape index (κ2) is 9.86. The van der Waals surface area contributed by atoms with Crippen molar-refractivity contribution >= 4 is 21.6 Å². The minimum Gasteiger partial charge on any atom is -0.497 e. The molecule has 1 saturated heterocycles. The molecule has 0 spiro atoms. The normalized spacial score (nSPS) is 16.2. The highest BCUT2D eigenvalue weighted by Gasteiger charge is 2.25. The number of nitrogens with zero attached hydrogens (tertiary/aromatic N) is 5. The van der Waals surface area contributed by atoms with Crippen LogP contribution in [0.25, 0.3) is 10.2 Å². The summed E-state index contributed by atoms with van der Waals surface area (Å²) in [7, 11) is 1.64. The van der Waals surface area contributed by atoms with Crippen LogP contribution < -0.4 is 9.47 Å². The lowest BCUT2D eigenvalue weighted by atomic mass is 10.2. The first-order chi connectivity index (χ1) is 16.2. The molecule has 0 unspecified atom stereocenters. The summed E-state index contributed by atoms with van der Waals surface area (Å²) >= 11 is 1.79. The molecule has 0 radical (unpaired) electrons. The van der Waals surface area contributed by atoms with Crippen molar-refractivity contribution in [3.05, 3.63) is 65.3 Å². The maximum Gasteiger partial charge on any atom is 0.240 e.